The molecule has 190 valence electrons. The lowest BCUT2D eigenvalue weighted by Gasteiger charge is -2.21. The monoisotopic (exact) mass is 565 g/mol. The second kappa shape index (κ2) is 11.3. The number of nitrogens with one attached hydrogen (secondary N) is 2. The van der Waals surface area contributed by atoms with Crippen molar-refractivity contribution in [1.29, 1.82) is 0 Å². The Hall–Kier alpha value is -3.04. The van der Waals surface area contributed by atoms with Crippen molar-refractivity contribution >= 4 is 103 Å². The van der Waals surface area contributed by atoms with E-state index < -0.39 is 10.0 Å². The third-order valence-electron chi connectivity index (χ3n) is 5.47. The molecule has 0 radical (unpaired) electrons. The van der Waals surface area contributed by atoms with Crippen LogP contribution in [-0.4, -0.2) is 38.7 Å². The highest BCUT2D eigenvalue weighted by Gasteiger charge is 2.15. The van der Waals surface area contributed by atoms with Crippen molar-refractivity contribution in [1.82, 2.24) is 9.97 Å². The highest BCUT2D eigenvalue weighted by atomic mass is 35.5. The van der Waals surface area contributed by atoms with E-state index in [0.717, 1.165) is 56.0 Å². The van der Waals surface area contributed by atoms with E-state index in [1.54, 1.807) is 12.3 Å². The molecular formula is C25H26Cl3N5O2S. The molecule has 0 unspecified atom stereocenters. The molecule has 0 aliphatic heterocycles. The topological polar surface area (TPSA) is 87.2 Å². The first-order valence-electron chi connectivity index (χ1n) is 10.4. The number of halogens is 3. The molecule has 5 rings (SSSR count). The summed E-state index contributed by atoms with van der Waals surface area (Å²) >= 11 is 0. The van der Waals surface area contributed by atoms with Crippen LogP contribution in [0.15, 0.2) is 72.9 Å². The lowest BCUT2D eigenvalue weighted by atomic mass is 10.0. The number of hydrogen-bond donors (Lipinski definition) is 2. The van der Waals surface area contributed by atoms with Crippen LogP contribution >= 0.6 is 37.2 Å². The van der Waals surface area contributed by atoms with Crippen LogP contribution in [0.2, 0.25) is 0 Å². The van der Waals surface area contributed by atoms with E-state index in [-0.39, 0.29) is 37.2 Å². The van der Waals surface area contributed by atoms with Gasteiger partial charge in [-0.05, 0) is 48.5 Å². The minimum Gasteiger partial charge on any atom is -0.376 e. The third-order valence-corrected chi connectivity index (χ3v) is 6.08. The largest absolute Gasteiger partial charge is 0.376 e. The van der Waals surface area contributed by atoms with E-state index in [4.69, 9.17) is 4.98 Å². The quantitative estimate of drug-likeness (QED) is 0.190. The van der Waals surface area contributed by atoms with Gasteiger partial charge in [-0.3, -0.25) is 9.71 Å². The van der Waals surface area contributed by atoms with Gasteiger partial charge in [-0.2, -0.15) is 0 Å². The van der Waals surface area contributed by atoms with E-state index in [1.165, 1.54) is 0 Å². The number of benzene rings is 3. The predicted molar refractivity (Wildman–Crippen MR) is 159 cm³/mol. The maximum absolute atomic E-state index is 11.7. The molecule has 2 N–H and O–H groups in total. The molecule has 0 atom stereocenters. The van der Waals surface area contributed by atoms with Crippen LogP contribution in [0.1, 0.15) is 0 Å². The zero-order valence-corrected chi connectivity index (χ0v) is 23.0. The van der Waals surface area contributed by atoms with Gasteiger partial charge in [-0.1, -0.05) is 18.2 Å². The van der Waals surface area contributed by atoms with Crippen LogP contribution in [0.5, 0.6) is 0 Å². The molecule has 0 amide bonds. The molecular weight excluding hydrogens is 541 g/mol. The Morgan fingerprint density at radius 1 is 0.806 bits per heavy atom. The molecule has 5 aromatic rings. The van der Waals surface area contributed by atoms with Crippen molar-refractivity contribution in [3.63, 3.8) is 0 Å². The van der Waals surface area contributed by atoms with Crippen molar-refractivity contribution in [3.8, 4) is 0 Å². The first-order valence-corrected chi connectivity index (χ1v) is 12.3. The number of para-hydroxylation sites is 1. The van der Waals surface area contributed by atoms with Crippen LogP contribution in [0.25, 0.3) is 32.7 Å². The first kappa shape index (κ1) is 29.2. The van der Waals surface area contributed by atoms with Gasteiger partial charge in [0, 0.05) is 36.5 Å². The lowest BCUT2D eigenvalue weighted by molar-refractivity contribution is 0.607. The van der Waals surface area contributed by atoms with Gasteiger partial charge in [0.15, 0.2) is 0 Å². The minimum absolute atomic E-state index is 0. The zero-order valence-electron chi connectivity index (χ0n) is 19.7. The first-order chi connectivity index (χ1) is 15.8. The molecule has 7 nitrogen and oxygen atoms in total. The second-order valence-corrected chi connectivity index (χ2v) is 9.91. The molecule has 0 aliphatic carbocycles. The summed E-state index contributed by atoms with van der Waals surface area (Å²) in [4.78, 5) is 11.4. The van der Waals surface area contributed by atoms with Crippen LogP contribution in [0.3, 0.4) is 0 Å². The summed E-state index contributed by atoms with van der Waals surface area (Å²) in [6.07, 6.45) is 2.92. The Kier molecular flexibility index (Phi) is 9.20. The molecule has 0 aliphatic rings. The van der Waals surface area contributed by atoms with Crippen molar-refractivity contribution in [2.75, 3.05) is 35.3 Å². The number of fused-ring (bicyclic) bond motifs is 4. The van der Waals surface area contributed by atoms with E-state index in [9.17, 15) is 8.42 Å². The molecule has 0 spiro atoms. The molecule has 0 bridgehead atoms. The normalized spacial score (nSPS) is 10.8. The Bertz CT molecular complexity index is 1650. The Morgan fingerprint density at radius 3 is 2.25 bits per heavy atom. The molecule has 36 heavy (non-hydrogen) atoms. The van der Waals surface area contributed by atoms with E-state index in [1.807, 2.05) is 79.7 Å². The number of rotatable bonds is 5. The van der Waals surface area contributed by atoms with Crippen LogP contribution in [0.4, 0.5) is 22.7 Å². The van der Waals surface area contributed by atoms with Gasteiger partial charge in [0.05, 0.1) is 45.6 Å². The molecule has 3 aromatic carbocycles. The van der Waals surface area contributed by atoms with Gasteiger partial charge in [0.25, 0.3) is 0 Å². The summed E-state index contributed by atoms with van der Waals surface area (Å²) < 4.78 is 26.0. The Balaban J connectivity index is 0.00000152. The fraction of sp³-hybridized carbons (Fsp3) is 0.120. The summed E-state index contributed by atoms with van der Waals surface area (Å²) in [7, 11) is 0.474. The van der Waals surface area contributed by atoms with Crippen molar-refractivity contribution in [2.24, 2.45) is 0 Å². The summed E-state index contributed by atoms with van der Waals surface area (Å²) in [5.74, 6) is 0. The molecule has 2 aromatic heterocycles. The van der Waals surface area contributed by atoms with E-state index in [0.29, 0.717) is 5.69 Å². The standard InChI is InChI=1S/C25H23N5O2S.3ClH/c1-30(2)23-15-16(29-33(3,31)32)10-12-22(23)28-25-18-7-4-5-9-21(18)27-24-17-8-6-14-26-20(17)13-11-19(24)25;;;/h4-15,29H,1-3H3,(H,27,28);3*1H. The van der Waals surface area contributed by atoms with Gasteiger partial charge in [0.2, 0.25) is 10.0 Å². The van der Waals surface area contributed by atoms with Crippen molar-refractivity contribution in [3.05, 3.63) is 72.9 Å². The van der Waals surface area contributed by atoms with Crippen molar-refractivity contribution < 1.29 is 8.42 Å². The number of anilines is 4. The third kappa shape index (κ3) is 5.68. The van der Waals surface area contributed by atoms with Gasteiger partial charge in [0.1, 0.15) is 0 Å². The summed E-state index contributed by atoms with van der Waals surface area (Å²) in [5.41, 5.74) is 5.79. The number of nitrogens with zero attached hydrogens (tertiary/aromatic N) is 3. The predicted octanol–water partition coefficient (Wildman–Crippen LogP) is 6.38. The summed E-state index contributed by atoms with van der Waals surface area (Å²) in [6.45, 7) is 0. The highest BCUT2D eigenvalue weighted by molar-refractivity contribution is 7.92. The molecule has 0 saturated carbocycles. The van der Waals surface area contributed by atoms with Gasteiger partial charge < -0.3 is 10.2 Å². The van der Waals surface area contributed by atoms with Gasteiger partial charge in [-0.25, -0.2) is 13.4 Å². The van der Waals surface area contributed by atoms with Crippen LogP contribution in [-0.2, 0) is 10.0 Å². The van der Waals surface area contributed by atoms with Gasteiger partial charge in [-0.15, -0.1) is 37.2 Å². The number of sulfonamides is 1. The lowest BCUT2D eigenvalue weighted by Crippen LogP contribution is -2.14. The SMILES string of the molecule is CN(C)c1cc(NS(C)(=O)=O)ccc1Nc1c2ccccc2nc2c1ccc1ncccc12.Cl.Cl.Cl. The zero-order chi connectivity index (χ0) is 23.2. The average Bonchev–Trinajstić information content (AvgIpc) is 2.78. The number of aromatic nitrogens is 2. The average molecular weight is 567 g/mol. The molecule has 0 saturated heterocycles. The van der Waals surface area contributed by atoms with Gasteiger partial charge >= 0.3 is 0 Å². The summed E-state index contributed by atoms with van der Waals surface area (Å²) in [5, 5.41) is 6.59. The van der Waals surface area contributed by atoms with E-state index >= 15 is 0 Å². The highest BCUT2D eigenvalue weighted by Crippen LogP contribution is 2.38. The maximum Gasteiger partial charge on any atom is 0.229 e. The fourth-order valence-corrected chi connectivity index (χ4v) is 4.62. The molecule has 2 heterocycles. The Morgan fingerprint density at radius 2 is 1.53 bits per heavy atom. The van der Waals surface area contributed by atoms with Crippen LogP contribution < -0.4 is 14.9 Å². The van der Waals surface area contributed by atoms with E-state index in [2.05, 4.69) is 15.0 Å². The smallest absolute Gasteiger partial charge is 0.229 e. The molecule has 11 heteroatoms. The maximum atomic E-state index is 11.7. The molecule has 0 fully saturated rings. The van der Waals surface area contributed by atoms with Crippen LogP contribution in [0, 0.1) is 0 Å². The minimum atomic E-state index is -3.37. The second-order valence-electron chi connectivity index (χ2n) is 8.16. The number of hydrogen-bond acceptors (Lipinski definition) is 6. The summed E-state index contributed by atoms with van der Waals surface area (Å²) in [6, 6.07) is 21.5. The Labute approximate surface area is 228 Å². The van der Waals surface area contributed by atoms with Crippen molar-refractivity contribution in [2.45, 2.75) is 0 Å². The number of pyridine rings is 2. The fourth-order valence-electron chi connectivity index (χ4n) is 4.06.